The van der Waals surface area contributed by atoms with Gasteiger partial charge in [0.05, 0.1) is 6.61 Å². The molecule has 1 aromatic rings. The number of benzene rings is 1. The monoisotopic (exact) mass is 310 g/mol. The maximum absolute atomic E-state index is 11.7. The van der Waals surface area contributed by atoms with Crippen molar-refractivity contribution in [2.45, 2.75) is 26.2 Å². The molecule has 2 nitrogen and oxygen atoms in total. The molecule has 0 saturated carbocycles. The predicted molar refractivity (Wildman–Crippen MR) is 77.9 cm³/mol. The van der Waals surface area contributed by atoms with Crippen LogP contribution < -0.4 is 0 Å². The van der Waals surface area contributed by atoms with Gasteiger partial charge in [-0.05, 0) is 31.7 Å². The number of hydrogen-bond donors (Lipinski definition) is 0. The number of allylic oxidation sites excluding steroid dienone is 1. The van der Waals surface area contributed by atoms with Crippen molar-refractivity contribution in [1.29, 1.82) is 0 Å². The Hall–Kier alpha value is -1.09. The Bertz CT molecular complexity index is 385. The van der Waals surface area contributed by atoms with Crippen molar-refractivity contribution in [3.63, 3.8) is 0 Å². The minimum atomic E-state index is -0.190. The zero-order valence-corrected chi connectivity index (χ0v) is 12.3. The van der Waals surface area contributed by atoms with E-state index < -0.39 is 0 Å². The summed E-state index contributed by atoms with van der Waals surface area (Å²) in [7, 11) is 0. The van der Waals surface area contributed by atoms with Gasteiger partial charge in [-0.1, -0.05) is 52.3 Å². The van der Waals surface area contributed by atoms with Crippen molar-refractivity contribution in [2.75, 3.05) is 11.9 Å². The van der Waals surface area contributed by atoms with Gasteiger partial charge in [0.15, 0.2) is 0 Å². The van der Waals surface area contributed by atoms with Gasteiger partial charge < -0.3 is 4.74 Å². The first-order valence-electron chi connectivity index (χ1n) is 6.24. The maximum Gasteiger partial charge on any atom is 0.333 e. The lowest BCUT2D eigenvalue weighted by Gasteiger charge is -2.05. The van der Waals surface area contributed by atoms with E-state index in [9.17, 15) is 4.79 Å². The number of rotatable bonds is 7. The quantitative estimate of drug-likeness (QED) is 0.434. The Morgan fingerprint density at radius 2 is 2.06 bits per heavy atom. The number of carbonyl (C=O) groups excluding carboxylic acids is 1. The molecule has 0 aliphatic rings. The van der Waals surface area contributed by atoms with E-state index in [1.807, 2.05) is 31.2 Å². The van der Waals surface area contributed by atoms with E-state index in [2.05, 4.69) is 28.1 Å². The van der Waals surface area contributed by atoms with E-state index in [1.165, 1.54) is 5.56 Å². The molecule has 1 aromatic carbocycles. The number of esters is 1. The molecule has 0 aliphatic heterocycles. The molecule has 18 heavy (non-hydrogen) atoms. The molecule has 0 aliphatic carbocycles. The van der Waals surface area contributed by atoms with Crippen molar-refractivity contribution >= 4 is 21.9 Å². The highest BCUT2D eigenvalue weighted by atomic mass is 79.9. The maximum atomic E-state index is 11.7. The highest BCUT2D eigenvalue weighted by Crippen LogP contribution is 2.10. The number of ether oxygens (including phenoxy) is 1. The Morgan fingerprint density at radius 1 is 1.33 bits per heavy atom. The smallest absolute Gasteiger partial charge is 0.333 e. The minimum Gasteiger partial charge on any atom is -0.463 e. The largest absolute Gasteiger partial charge is 0.463 e. The van der Waals surface area contributed by atoms with E-state index in [1.54, 1.807) is 0 Å². The summed E-state index contributed by atoms with van der Waals surface area (Å²) in [6, 6.07) is 10.3. The van der Waals surface area contributed by atoms with Gasteiger partial charge in [0.2, 0.25) is 0 Å². The molecular weight excluding hydrogens is 292 g/mol. The summed E-state index contributed by atoms with van der Waals surface area (Å²) in [4.78, 5) is 11.7. The fourth-order valence-corrected chi connectivity index (χ4v) is 2.10. The summed E-state index contributed by atoms with van der Waals surface area (Å²) < 4.78 is 5.03. The van der Waals surface area contributed by atoms with Gasteiger partial charge in [-0.2, -0.15) is 0 Å². The van der Waals surface area contributed by atoms with Crippen molar-refractivity contribution in [3.8, 4) is 0 Å². The fourth-order valence-electron chi connectivity index (χ4n) is 1.67. The standard InChI is InChI=1S/C15H19BrO2/c1-2-18-15(17)14(11-12-16)10-6-9-13-7-4-3-5-8-13/h3-5,7-8,10H,2,6,9,11-12H2,1H3. The first-order chi connectivity index (χ1) is 8.77. The summed E-state index contributed by atoms with van der Waals surface area (Å²) in [6.45, 7) is 2.25. The molecule has 0 spiro atoms. The van der Waals surface area contributed by atoms with Crippen LogP contribution in [0.5, 0.6) is 0 Å². The third-order valence-corrected chi connectivity index (χ3v) is 2.96. The zero-order chi connectivity index (χ0) is 13.2. The summed E-state index contributed by atoms with van der Waals surface area (Å²) in [6.07, 6.45) is 4.52. The van der Waals surface area contributed by atoms with Crippen LogP contribution in [0.2, 0.25) is 0 Å². The van der Waals surface area contributed by atoms with Gasteiger partial charge in [-0.15, -0.1) is 0 Å². The van der Waals surface area contributed by atoms with Crippen LogP contribution in [0.25, 0.3) is 0 Å². The number of hydrogen-bond acceptors (Lipinski definition) is 2. The summed E-state index contributed by atoms with van der Waals surface area (Å²) in [5, 5.41) is 0.781. The average molecular weight is 311 g/mol. The third-order valence-electron chi connectivity index (χ3n) is 2.57. The molecule has 98 valence electrons. The van der Waals surface area contributed by atoms with Crippen molar-refractivity contribution < 1.29 is 9.53 Å². The molecule has 0 heterocycles. The molecule has 0 amide bonds. The van der Waals surface area contributed by atoms with Gasteiger partial charge in [0.1, 0.15) is 0 Å². The molecule has 0 bridgehead atoms. The minimum absolute atomic E-state index is 0.190. The van der Waals surface area contributed by atoms with Crippen LogP contribution in [0, 0.1) is 0 Å². The molecule has 0 saturated heterocycles. The highest BCUT2D eigenvalue weighted by molar-refractivity contribution is 9.09. The Balaban J connectivity index is 2.52. The normalized spacial score (nSPS) is 11.3. The van der Waals surface area contributed by atoms with Crippen LogP contribution in [0.4, 0.5) is 0 Å². The summed E-state index contributed by atoms with van der Waals surface area (Å²) in [5.74, 6) is -0.190. The first kappa shape index (κ1) is 15.0. The Kier molecular flexibility index (Phi) is 7.42. The SMILES string of the molecule is CCOC(=O)C(=CCCc1ccccc1)CCBr. The van der Waals surface area contributed by atoms with Crippen LogP contribution >= 0.6 is 15.9 Å². The topological polar surface area (TPSA) is 26.3 Å². The van der Waals surface area contributed by atoms with Crippen molar-refractivity contribution in [1.82, 2.24) is 0 Å². The summed E-state index contributed by atoms with van der Waals surface area (Å²) >= 11 is 3.36. The van der Waals surface area contributed by atoms with Gasteiger partial charge in [0.25, 0.3) is 0 Å². The van der Waals surface area contributed by atoms with Gasteiger partial charge >= 0.3 is 5.97 Å². The molecule has 0 fully saturated rings. The first-order valence-corrected chi connectivity index (χ1v) is 7.36. The van der Waals surface area contributed by atoms with E-state index >= 15 is 0 Å². The molecule has 1 rings (SSSR count). The second-order valence-corrected chi connectivity index (χ2v) is 4.71. The van der Waals surface area contributed by atoms with Gasteiger partial charge in [-0.25, -0.2) is 4.79 Å². The number of aryl methyl sites for hydroxylation is 1. The molecule has 3 heteroatoms. The molecular formula is C15H19BrO2. The number of alkyl halides is 1. The van der Waals surface area contributed by atoms with Crippen molar-refractivity contribution in [3.05, 3.63) is 47.5 Å². The van der Waals surface area contributed by atoms with Crippen molar-refractivity contribution in [2.24, 2.45) is 0 Å². The van der Waals surface area contributed by atoms with E-state index in [0.717, 1.165) is 23.7 Å². The Labute approximate surface area is 117 Å². The van der Waals surface area contributed by atoms with Gasteiger partial charge in [0, 0.05) is 10.9 Å². The lowest BCUT2D eigenvalue weighted by molar-refractivity contribution is -0.138. The van der Waals surface area contributed by atoms with E-state index in [0.29, 0.717) is 13.0 Å². The molecule has 0 unspecified atom stereocenters. The van der Waals surface area contributed by atoms with Crippen LogP contribution in [-0.2, 0) is 16.0 Å². The number of carbonyl (C=O) groups is 1. The van der Waals surface area contributed by atoms with Crippen LogP contribution in [0.3, 0.4) is 0 Å². The lowest BCUT2D eigenvalue weighted by atomic mass is 10.1. The second kappa shape index (κ2) is 8.92. The zero-order valence-electron chi connectivity index (χ0n) is 10.7. The highest BCUT2D eigenvalue weighted by Gasteiger charge is 2.08. The predicted octanol–water partition coefficient (Wildman–Crippen LogP) is 3.89. The average Bonchev–Trinajstić information content (AvgIpc) is 2.39. The molecule has 0 N–H and O–H groups in total. The lowest BCUT2D eigenvalue weighted by Crippen LogP contribution is -2.08. The second-order valence-electron chi connectivity index (χ2n) is 3.91. The van der Waals surface area contributed by atoms with Crippen LogP contribution in [-0.4, -0.2) is 17.9 Å². The number of halogens is 1. The molecule has 0 atom stereocenters. The third kappa shape index (κ3) is 5.50. The fraction of sp³-hybridized carbons (Fsp3) is 0.400. The van der Waals surface area contributed by atoms with E-state index in [4.69, 9.17) is 4.74 Å². The van der Waals surface area contributed by atoms with Gasteiger partial charge in [-0.3, -0.25) is 0 Å². The summed E-state index contributed by atoms with van der Waals surface area (Å²) in [5.41, 5.74) is 2.06. The molecule has 0 radical (unpaired) electrons. The Morgan fingerprint density at radius 3 is 2.67 bits per heavy atom. The molecule has 0 aromatic heterocycles. The van der Waals surface area contributed by atoms with Crippen LogP contribution in [0.15, 0.2) is 42.0 Å². The van der Waals surface area contributed by atoms with E-state index in [-0.39, 0.29) is 5.97 Å². The van der Waals surface area contributed by atoms with Crippen LogP contribution in [0.1, 0.15) is 25.3 Å².